The number of hydrogen-bond donors (Lipinski definition) is 0. The topological polar surface area (TPSA) is 239 Å². The molecule has 24 rings (SSSR count). The van der Waals surface area contributed by atoms with E-state index >= 15 is 0 Å². The molecule has 7 aliphatic rings. The smallest absolute Gasteiger partial charge is 0.573 e. The van der Waals surface area contributed by atoms with E-state index in [4.69, 9.17) is 45.5 Å². The van der Waals surface area contributed by atoms with Gasteiger partial charge in [0.25, 0.3) is 0 Å². The zero-order valence-electron chi connectivity index (χ0n) is 86.3. The molecule has 0 N–H and O–H groups in total. The molecule has 728 valence electrons. The second kappa shape index (κ2) is 37.0. The maximum atomic E-state index is 5.45. The normalized spacial score (nSPS) is 20.0. The van der Waals surface area contributed by atoms with E-state index in [9.17, 15) is 0 Å². The van der Waals surface area contributed by atoms with Crippen molar-refractivity contribution in [2.24, 2.45) is 16.2 Å². The van der Waals surface area contributed by atoms with Crippen molar-refractivity contribution in [2.45, 2.75) is 298 Å². The monoisotopic (exact) mass is 2400 g/mol. The molecule has 0 amide bonds. The molecule has 0 spiro atoms. The van der Waals surface area contributed by atoms with Gasteiger partial charge in [-0.25, -0.2) is 0 Å². The number of nitrogens with zero attached hydrogens (tertiary/aromatic N) is 18. The van der Waals surface area contributed by atoms with E-state index in [0.29, 0.717) is 17.8 Å². The van der Waals surface area contributed by atoms with Gasteiger partial charge in [0.15, 0.2) is 0 Å². The Morgan fingerprint density at radius 2 is 0.643 bits per heavy atom. The first-order chi connectivity index (χ1) is 64.6. The van der Waals surface area contributed by atoms with E-state index in [1.807, 2.05) is 43.2 Å². The van der Waals surface area contributed by atoms with Gasteiger partial charge in [-0.15, -0.1) is 0 Å². The fourth-order valence-electron chi connectivity index (χ4n) is 22.9. The minimum Gasteiger partial charge on any atom is -0.573 e. The van der Waals surface area contributed by atoms with E-state index in [-0.39, 0.29) is 128 Å². The van der Waals surface area contributed by atoms with Crippen LogP contribution in [0.2, 0.25) is 0 Å². The molecule has 18 nitrogen and oxygen atoms in total. The Bertz CT molecular complexity index is 7390. The summed E-state index contributed by atoms with van der Waals surface area (Å²) in [6, 6.07) is 55.4. The summed E-state index contributed by atoms with van der Waals surface area (Å²) in [4.78, 5) is 27.7. The predicted molar refractivity (Wildman–Crippen MR) is 557 cm³/mol. The SMILES string of the molecule is CC(C)(C)c1cc(-c2cc3cc4ccccc4cc3c(-c3cc(C(C)(C)C)n[n-]3)n2)[n-]n1.CC(C)(C)c1cc(-c2nc(-c3[n-]nc4c3C3CCC4(C)C3(C)C)c3cccc4c3c2C=CC4)[n-]n1.CC(C)(C)c1ccncc1.CC(C)(C)c1ccncc1.CC(C)(C)c1ccncc1.CC12CCC(c3c1n[n-]c3-c1cc3cc4ccccc4cc3c(-c3[n-]nc4c3C3CCC4(C)C3(C)C)n1)C2(C)C.[Pt+2].[Pt+2].[Pt+2]. The average Bonchev–Trinajstić information content (AvgIpc) is 1.52. The summed E-state index contributed by atoms with van der Waals surface area (Å²) in [5.74, 6) is 1.39. The predicted octanol–water partition coefficient (Wildman–Crippen LogP) is 27.2. The molecule has 12 heterocycles. The molecule has 0 radical (unpaired) electrons. The van der Waals surface area contributed by atoms with Gasteiger partial charge in [-0.1, -0.05) is 318 Å². The number of fused-ring (bicyclic) bond motifs is 19. The molecular formula is C119H132N18Pt3. The Morgan fingerprint density at radius 1 is 0.300 bits per heavy atom. The van der Waals surface area contributed by atoms with Crippen LogP contribution >= 0.6 is 0 Å². The quantitative estimate of drug-likeness (QED) is 0.141. The van der Waals surface area contributed by atoms with E-state index < -0.39 is 0 Å². The molecule has 0 aliphatic heterocycles. The molecule has 3 saturated carbocycles. The summed E-state index contributed by atoms with van der Waals surface area (Å²) in [7, 11) is 0. The van der Waals surface area contributed by atoms with Crippen LogP contribution in [-0.2, 0) is 118 Å². The van der Waals surface area contributed by atoms with Crippen LogP contribution in [0.1, 0.15) is 322 Å². The first-order valence-corrected chi connectivity index (χ1v) is 49.3. The Kier molecular flexibility index (Phi) is 27.0. The second-order valence-electron chi connectivity index (χ2n) is 48.1. The van der Waals surface area contributed by atoms with Crippen molar-refractivity contribution in [3.05, 3.63) is 280 Å². The maximum Gasteiger partial charge on any atom is 2.00 e. The minimum absolute atomic E-state index is 0. The van der Waals surface area contributed by atoms with Gasteiger partial charge >= 0.3 is 63.2 Å². The fourth-order valence-corrected chi connectivity index (χ4v) is 22.9. The Labute approximate surface area is 869 Å². The van der Waals surface area contributed by atoms with Gasteiger partial charge in [-0.05, 0) is 245 Å². The molecule has 21 heteroatoms. The number of benzene rings is 5. The van der Waals surface area contributed by atoms with Crippen LogP contribution in [0.4, 0.5) is 0 Å². The molecular weight excluding hydrogens is 2270 g/mol. The van der Waals surface area contributed by atoms with Crippen LogP contribution in [0, 0.1) is 16.2 Å². The molecule has 6 atom stereocenters. The average molecular weight is 2400 g/mol. The van der Waals surface area contributed by atoms with Crippen molar-refractivity contribution >= 4 is 59.9 Å². The Balaban J connectivity index is 0.000000131. The van der Waals surface area contributed by atoms with Gasteiger partial charge in [0.1, 0.15) is 0 Å². The van der Waals surface area contributed by atoms with Crippen molar-refractivity contribution in [1.82, 2.24) is 91.1 Å². The molecule has 5 aromatic carbocycles. The van der Waals surface area contributed by atoms with Gasteiger partial charge in [0.05, 0.1) is 34.2 Å². The number of hydrogen-bond acceptors (Lipinski definition) is 12. The summed E-state index contributed by atoms with van der Waals surface area (Å²) in [6.07, 6.45) is 23.5. The minimum atomic E-state index is -0.0792. The molecule has 3 fully saturated rings. The van der Waals surface area contributed by atoms with E-state index in [1.54, 1.807) is 0 Å². The van der Waals surface area contributed by atoms with Crippen LogP contribution in [0.15, 0.2) is 201 Å². The van der Waals surface area contributed by atoms with E-state index in [0.717, 1.165) is 119 Å². The van der Waals surface area contributed by atoms with Crippen molar-refractivity contribution in [2.75, 3.05) is 0 Å². The molecule has 6 unspecified atom stereocenters. The van der Waals surface area contributed by atoms with Crippen molar-refractivity contribution < 1.29 is 63.2 Å². The first-order valence-electron chi connectivity index (χ1n) is 49.3. The first kappa shape index (κ1) is 102. The van der Waals surface area contributed by atoms with Gasteiger partial charge < -0.3 is 61.2 Å². The molecule has 0 saturated heterocycles. The Hall–Kier alpha value is -10.6. The van der Waals surface area contributed by atoms with Crippen LogP contribution in [0.3, 0.4) is 0 Å². The third-order valence-electron chi connectivity index (χ3n) is 32.7. The summed E-state index contributed by atoms with van der Waals surface area (Å²) < 4.78 is 0. The van der Waals surface area contributed by atoms with Crippen molar-refractivity contribution in [1.29, 1.82) is 0 Å². The summed E-state index contributed by atoms with van der Waals surface area (Å²) >= 11 is 0. The number of allylic oxidation sites excluding steroid dienone is 1. The van der Waals surface area contributed by atoms with Crippen LogP contribution < -0.4 is 30.6 Å². The van der Waals surface area contributed by atoms with Crippen LogP contribution in [0.5, 0.6) is 0 Å². The largest absolute Gasteiger partial charge is 2.00 e. The maximum absolute atomic E-state index is 5.45. The van der Waals surface area contributed by atoms with Gasteiger partial charge in [-0.3, -0.25) is 29.9 Å². The second-order valence-corrected chi connectivity index (χ2v) is 48.1. The summed E-state index contributed by atoms with van der Waals surface area (Å²) in [6.45, 7) is 60.8. The van der Waals surface area contributed by atoms with Crippen molar-refractivity contribution in [3.63, 3.8) is 0 Å². The van der Waals surface area contributed by atoms with Crippen LogP contribution in [-0.4, -0.2) is 60.5 Å². The van der Waals surface area contributed by atoms with Crippen LogP contribution in [0.25, 0.3) is 128 Å². The van der Waals surface area contributed by atoms with Crippen molar-refractivity contribution in [3.8, 4) is 68.3 Å². The number of aromatic nitrogens is 18. The summed E-state index contributed by atoms with van der Waals surface area (Å²) in [5.41, 5.74) is 28.9. The fraction of sp³-hybridized carbons (Fsp3) is 0.412. The molecule has 6 bridgehead atoms. The zero-order valence-corrected chi connectivity index (χ0v) is 93.1. The van der Waals surface area contributed by atoms with Gasteiger partial charge in [0, 0.05) is 126 Å². The summed E-state index contributed by atoms with van der Waals surface area (Å²) in [5, 5.41) is 67.8. The van der Waals surface area contributed by atoms with Gasteiger partial charge in [-0.2, -0.15) is 0 Å². The zero-order chi connectivity index (χ0) is 97.2. The Morgan fingerprint density at radius 3 is 1.03 bits per heavy atom. The standard InChI is InChI=1S/C35H35N5.C30H31N5.C27H27N5.3C9H13N.3Pt/c1-32(2)22-11-13-34(32,5)30-25(22)28(37-39-30)24-17-20-15-18-9-7-8-10-19(18)16-21(20)27(36-24)29-26-23-12-14-35(6,33(23,3)4)31(26)40-38-29;1-28(2,3)21-15-20(32-33-21)24-17-11-7-9-16-10-8-12-18(22(16)17)25(31-24)26-23-19-13-14-30(6,29(19,4)5)27(23)35-34-26;1-26(2,3)23-14-21(29-31-23)20-13-18-11-16-9-7-8-10-17(16)12-19(18)25(28-20)22-15-24(32-30-22)27(4,5)6;3*1-9(2,3)8-4-6-10-7-5-8;;;/h7-10,15-17,22-23H,11-14H2,1-6H3;7-8,10-12,15,19H,9,13-14H2,1-6H3;7-15H,1-6H3;3*4-7H,1-3H3;;;/q3*-2;;;;3*+2. The molecule has 7 aliphatic carbocycles. The molecule has 140 heavy (non-hydrogen) atoms. The van der Waals surface area contributed by atoms with E-state index in [1.165, 1.54) is 127 Å². The number of pyridine rings is 6. The van der Waals surface area contributed by atoms with Gasteiger partial charge in [0.2, 0.25) is 0 Å². The van der Waals surface area contributed by atoms with E-state index in [2.05, 4.69) is 396 Å². The molecule has 17 aromatic rings. The third-order valence-corrected chi connectivity index (χ3v) is 32.7. The number of rotatable bonds is 6. The third kappa shape index (κ3) is 17.8. The molecule has 12 aromatic heterocycles.